The van der Waals surface area contributed by atoms with Crippen molar-refractivity contribution in [2.45, 2.75) is 6.04 Å². The van der Waals surface area contributed by atoms with Crippen molar-refractivity contribution in [2.24, 2.45) is 0 Å². The second-order valence-corrected chi connectivity index (χ2v) is 3.24. The molecule has 2 N–H and O–H groups in total. The van der Waals surface area contributed by atoms with Crippen LogP contribution in [0, 0.1) is 0 Å². The fourth-order valence-corrected chi connectivity index (χ4v) is 1.28. The molecule has 0 aliphatic carbocycles. The standard InChI is InChI=1S/C9H20N2O3/c1-12-4-5-13-8-14-7-9-6-10-2-3-11-9/h9-11H,2-8H2,1H3. The first-order valence-corrected chi connectivity index (χ1v) is 5.02. The Morgan fingerprint density at radius 3 is 2.86 bits per heavy atom. The Morgan fingerprint density at radius 1 is 1.21 bits per heavy atom. The lowest BCUT2D eigenvalue weighted by Gasteiger charge is -2.24. The highest BCUT2D eigenvalue weighted by Gasteiger charge is 2.11. The van der Waals surface area contributed by atoms with Gasteiger partial charge in [0.05, 0.1) is 19.8 Å². The maximum absolute atomic E-state index is 5.34. The lowest BCUT2D eigenvalue weighted by Crippen LogP contribution is -2.50. The van der Waals surface area contributed by atoms with E-state index in [0.29, 0.717) is 32.7 Å². The molecule has 1 aliphatic rings. The van der Waals surface area contributed by atoms with E-state index in [1.165, 1.54) is 0 Å². The first kappa shape index (κ1) is 11.9. The predicted octanol–water partition coefficient (Wildman–Crippen LogP) is -0.815. The quantitative estimate of drug-likeness (QED) is 0.419. The molecule has 0 bridgehead atoms. The number of hydrogen-bond donors (Lipinski definition) is 2. The third kappa shape index (κ3) is 5.51. The first-order valence-electron chi connectivity index (χ1n) is 5.02. The van der Waals surface area contributed by atoms with Gasteiger partial charge in [-0.25, -0.2) is 0 Å². The molecular formula is C9H20N2O3. The number of rotatable bonds is 7. The number of ether oxygens (including phenoxy) is 3. The summed E-state index contributed by atoms with van der Waals surface area (Å²) < 4.78 is 15.3. The molecule has 1 aliphatic heterocycles. The molecule has 1 fully saturated rings. The molecule has 0 aromatic rings. The van der Waals surface area contributed by atoms with Gasteiger partial charge in [-0.2, -0.15) is 0 Å². The van der Waals surface area contributed by atoms with Crippen molar-refractivity contribution < 1.29 is 14.2 Å². The average molecular weight is 204 g/mol. The predicted molar refractivity (Wildman–Crippen MR) is 53.3 cm³/mol. The summed E-state index contributed by atoms with van der Waals surface area (Å²) in [6.07, 6.45) is 0. The molecule has 5 nitrogen and oxygen atoms in total. The molecule has 1 atom stereocenters. The second-order valence-electron chi connectivity index (χ2n) is 3.24. The molecule has 5 heteroatoms. The van der Waals surface area contributed by atoms with Crippen LogP contribution in [0.4, 0.5) is 0 Å². The lowest BCUT2D eigenvalue weighted by atomic mass is 10.2. The van der Waals surface area contributed by atoms with E-state index in [2.05, 4.69) is 10.6 Å². The van der Waals surface area contributed by atoms with Gasteiger partial charge in [0.25, 0.3) is 0 Å². The highest BCUT2D eigenvalue weighted by atomic mass is 16.7. The van der Waals surface area contributed by atoms with Gasteiger partial charge in [0.1, 0.15) is 6.79 Å². The molecule has 0 radical (unpaired) electrons. The van der Waals surface area contributed by atoms with Crippen molar-refractivity contribution in [3.8, 4) is 0 Å². The van der Waals surface area contributed by atoms with Gasteiger partial charge < -0.3 is 24.8 Å². The van der Waals surface area contributed by atoms with Crippen LogP contribution in [0.2, 0.25) is 0 Å². The van der Waals surface area contributed by atoms with Gasteiger partial charge in [-0.05, 0) is 0 Å². The minimum absolute atomic E-state index is 0.349. The van der Waals surface area contributed by atoms with Crippen LogP contribution in [0.1, 0.15) is 0 Å². The molecule has 0 spiro atoms. The number of nitrogens with one attached hydrogen (secondary N) is 2. The summed E-state index contributed by atoms with van der Waals surface area (Å²) in [7, 11) is 1.65. The maximum atomic E-state index is 5.34. The Bertz CT molecular complexity index is 129. The van der Waals surface area contributed by atoms with Gasteiger partial charge in [-0.1, -0.05) is 0 Å². The molecule has 0 saturated carbocycles. The first-order chi connectivity index (χ1) is 6.93. The van der Waals surface area contributed by atoms with E-state index in [1.807, 2.05) is 0 Å². The van der Waals surface area contributed by atoms with E-state index in [-0.39, 0.29) is 0 Å². The van der Waals surface area contributed by atoms with Crippen LogP contribution < -0.4 is 10.6 Å². The van der Waals surface area contributed by atoms with Crippen LogP contribution >= 0.6 is 0 Å². The van der Waals surface area contributed by atoms with Gasteiger partial charge in [0.2, 0.25) is 0 Å². The summed E-state index contributed by atoms with van der Waals surface area (Å²) >= 11 is 0. The van der Waals surface area contributed by atoms with Crippen molar-refractivity contribution in [1.29, 1.82) is 0 Å². The zero-order valence-corrected chi connectivity index (χ0v) is 8.75. The molecule has 0 aromatic carbocycles. The molecule has 84 valence electrons. The van der Waals surface area contributed by atoms with Crippen LogP contribution in [0.15, 0.2) is 0 Å². The van der Waals surface area contributed by atoms with E-state index in [4.69, 9.17) is 14.2 Å². The minimum Gasteiger partial charge on any atom is -0.382 e. The van der Waals surface area contributed by atoms with Crippen molar-refractivity contribution in [2.75, 3.05) is 53.4 Å². The third-order valence-electron chi connectivity index (χ3n) is 2.04. The molecule has 1 saturated heterocycles. The molecule has 14 heavy (non-hydrogen) atoms. The van der Waals surface area contributed by atoms with Crippen LogP contribution in [-0.4, -0.2) is 59.4 Å². The lowest BCUT2D eigenvalue weighted by molar-refractivity contribution is -0.0712. The van der Waals surface area contributed by atoms with E-state index in [0.717, 1.165) is 19.6 Å². The Labute approximate surface area is 85.1 Å². The number of piperazine rings is 1. The maximum Gasteiger partial charge on any atom is 0.146 e. The van der Waals surface area contributed by atoms with Gasteiger partial charge >= 0.3 is 0 Å². The summed E-state index contributed by atoms with van der Waals surface area (Å²) in [4.78, 5) is 0. The van der Waals surface area contributed by atoms with Gasteiger partial charge in [0.15, 0.2) is 0 Å². The number of methoxy groups -OCH3 is 1. The zero-order chi connectivity index (χ0) is 10.1. The van der Waals surface area contributed by atoms with E-state index in [1.54, 1.807) is 7.11 Å². The second kappa shape index (κ2) is 8.14. The summed E-state index contributed by atoms with van der Waals surface area (Å²) in [6.45, 7) is 5.28. The molecule has 1 heterocycles. The highest BCUT2D eigenvalue weighted by Crippen LogP contribution is 1.89. The topological polar surface area (TPSA) is 51.8 Å². The van der Waals surface area contributed by atoms with Crippen LogP contribution in [0.5, 0.6) is 0 Å². The Morgan fingerprint density at radius 2 is 2.14 bits per heavy atom. The third-order valence-corrected chi connectivity index (χ3v) is 2.04. The average Bonchev–Trinajstić information content (AvgIpc) is 2.25. The molecule has 0 amide bonds. The largest absolute Gasteiger partial charge is 0.382 e. The van der Waals surface area contributed by atoms with Crippen molar-refractivity contribution in [1.82, 2.24) is 10.6 Å². The fourth-order valence-electron chi connectivity index (χ4n) is 1.28. The molecule has 1 rings (SSSR count). The van der Waals surface area contributed by atoms with Gasteiger partial charge in [0, 0.05) is 32.8 Å². The van der Waals surface area contributed by atoms with Crippen molar-refractivity contribution in [3.63, 3.8) is 0 Å². The van der Waals surface area contributed by atoms with Crippen molar-refractivity contribution in [3.05, 3.63) is 0 Å². The molecule has 0 aromatic heterocycles. The summed E-state index contributed by atoms with van der Waals surface area (Å²) in [5.41, 5.74) is 0. The SMILES string of the molecule is COCCOCOCC1CNCCN1. The Balaban J connectivity index is 1.82. The smallest absolute Gasteiger partial charge is 0.146 e. The van der Waals surface area contributed by atoms with Gasteiger partial charge in [-0.15, -0.1) is 0 Å². The van der Waals surface area contributed by atoms with E-state index in [9.17, 15) is 0 Å². The van der Waals surface area contributed by atoms with Crippen LogP contribution in [0.3, 0.4) is 0 Å². The normalized spacial score (nSPS) is 22.5. The Hall–Kier alpha value is -0.200. The fraction of sp³-hybridized carbons (Fsp3) is 1.00. The van der Waals surface area contributed by atoms with Gasteiger partial charge in [-0.3, -0.25) is 0 Å². The zero-order valence-electron chi connectivity index (χ0n) is 8.75. The summed E-state index contributed by atoms with van der Waals surface area (Å²) in [6, 6.07) is 0.412. The highest BCUT2D eigenvalue weighted by molar-refractivity contribution is 4.74. The Kier molecular flexibility index (Phi) is 6.90. The molecule has 1 unspecified atom stereocenters. The molecular weight excluding hydrogens is 184 g/mol. The summed E-state index contributed by atoms with van der Waals surface area (Å²) in [5, 5.41) is 6.65. The monoisotopic (exact) mass is 204 g/mol. The van der Waals surface area contributed by atoms with E-state index < -0.39 is 0 Å². The van der Waals surface area contributed by atoms with Crippen LogP contribution in [0.25, 0.3) is 0 Å². The summed E-state index contributed by atoms with van der Waals surface area (Å²) in [5.74, 6) is 0. The number of hydrogen-bond acceptors (Lipinski definition) is 5. The van der Waals surface area contributed by atoms with E-state index >= 15 is 0 Å². The minimum atomic E-state index is 0.349. The van der Waals surface area contributed by atoms with Crippen LogP contribution in [-0.2, 0) is 14.2 Å². The van der Waals surface area contributed by atoms with Crippen molar-refractivity contribution >= 4 is 0 Å².